The first kappa shape index (κ1) is 22.4. The summed E-state index contributed by atoms with van der Waals surface area (Å²) in [5.74, 6) is -1.25. The number of carboxylic acids is 1. The summed E-state index contributed by atoms with van der Waals surface area (Å²) in [6.45, 7) is 0.0129. The van der Waals surface area contributed by atoms with Crippen LogP contribution in [0.4, 0.5) is 4.39 Å². The Morgan fingerprint density at radius 3 is 2.68 bits per heavy atom. The van der Waals surface area contributed by atoms with Gasteiger partial charge in [-0.05, 0) is 65.8 Å². The van der Waals surface area contributed by atoms with Crippen LogP contribution < -0.4 is 4.74 Å². The molecular formula is C27H23ClFNO4. The van der Waals surface area contributed by atoms with Crippen LogP contribution in [0.2, 0.25) is 5.02 Å². The Kier molecular flexibility index (Phi) is 6.00. The number of aliphatic carboxylic acids is 1. The smallest absolute Gasteiger partial charge is 0.341 e. The van der Waals surface area contributed by atoms with E-state index in [1.165, 1.54) is 12.1 Å². The van der Waals surface area contributed by atoms with Gasteiger partial charge in [0.25, 0.3) is 0 Å². The van der Waals surface area contributed by atoms with Crippen molar-refractivity contribution in [2.45, 2.75) is 24.8 Å². The number of fused-ring (bicyclic) bond motifs is 1. The maximum atomic E-state index is 13.7. The van der Waals surface area contributed by atoms with E-state index in [0.29, 0.717) is 35.7 Å². The lowest BCUT2D eigenvalue weighted by Gasteiger charge is -2.38. The summed E-state index contributed by atoms with van der Waals surface area (Å²) in [6, 6.07) is 18.9. The normalized spacial score (nSPS) is 21.0. The Morgan fingerprint density at radius 2 is 1.88 bits per heavy atom. The molecule has 3 unspecified atom stereocenters. The summed E-state index contributed by atoms with van der Waals surface area (Å²) in [7, 11) is 0. The number of carbonyl (C=O) groups excluding carboxylic acids is 1. The average Bonchev–Trinajstić information content (AvgIpc) is 3.63. The summed E-state index contributed by atoms with van der Waals surface area (Å²) in [5.41, 5.74) is 3.57. The van der Waals surface area contributed by atoms with E-state index in [1.807, 2.05) is 35.2 Å². The van der Waals surface area contributed by atoms with Gasteiger partial charge in [0.2, 0.25) is 5.91 Å². The molecule has 2 aliphatic rings. The fourth-order valence-corrected chi connectivity index (χ4v) is 5.11. The van der Waals surface area contributed by atoms with Crippen LogP contribution in [0.15, 0.2) is 66.7 Å². The molecule has 7 heteroatoms. The molecule has 0 spiro atoms. The minimum absolute atomic E-state index is 0.00192. The Bertz CT molecular complexity index is 1260. The molecule has 1 N–H and O–H groups in total. The van der Waals surface area contributed by atoms with Crippen LogP contribution in [0.5, 0.6) is 5.75 Å². The van der Waals surface area contributed by atoms with Crippen molar-refractivity contribution < 1.29 is 23.8 Å². The van der Waals surface area contributed by atoms with E-state index in [9.17, 15) is 14.0 Å². The molecule has 0 bridgehead atoms. The lowest BCUT2D eigenvalue weighted by Crippen LogP contribution is -2.41. The van der Waals surface area contributed by atoms with Gasteiger partial charge in [-0.2, -0.15) is 0 Å². The molecule has 1 aliphatic carbocycles. The first-order chi connectivity index (χ1) is 16.4. The zero-order chi connectivity index (χ0) is 23.8. The van der Waals surface area contributed by atoms with E-state index in [4.69, 9.17) is 21.4 Å². The first-order valence-corrected chi connectivity index (χ1v) is 11.6. The van der Waals surface area contributed by atoms with Crippen molar-refractivity contribution in [3.63, 3.8) is 0 Å². The maximum Gasteiger partial charge on any atom is 0.341 e. The third-order valence-corrected chi connectivity index (χ3v) is 6.80. The third-order valence-electron chi connectivity index (χ3n) is 6.57. The summed E-state index contributed by atoms with van der Waals surface area (Å²) in [6.07, 6.45) is 1.38. The number of carboxylic acid groups (broad SMARTS) is 1. The lowest BCUT2D eigenvalue weighted by molar-refractivity contribution is -0.139. The van der Waals surface area contributed by atoms with Gasteiger partial charge in [-0.15, -0.1) is 0 Å². The molecule has 1 fully saturated rings. The molecule has 0 saturated heterocycles. The largest absolute Gasteiger partial charge is 0.482 e. The SMILES string of the molecule is O=C(O)COc1ccc(Cl)cc1C1c2ccccc2CCN1C(=O)C1CC1c1cccc(F)c1. The van der Waals surface area contributed by atoms with Gasteiger partial charge in [-0.1, -0.05) is 48.0 Å². The quantitative estimate of drug-likeness (QED) is 0.526. The number of ether oxygens (including phenoxy) is 1. The van der Waals surface area contributed by atoms with E-state index in [0.717, 1.165) is 16.7 Å². The van der Waals surface area contributed by atoms with Crippen molar-refractivity contribution in [1.82, 2.24) is 4.90 Å². The number of hydrogen-bond acceptors (Lipinski definition) is 3. The molecule has 174 valence electrons. The molecule has 1 saturated carbocycles. The van der Waals surface area contributed by atoms with E-state index >= 15 is 0 Å². The zero-order valence-corrected chi connectivity index (χ0v) is 19.0. The topological polar surface area (TPSA) is 66.8 Å². The molecular weight excluding hydrogens is 457 g/mol. The molecule has 3 aromatic carbocycles. The van der Waals surface area contributed by atoms with Crippen molar-refractivity contribution in [3.8, 4) is 5.75 Å². The number of hydrogen-bond donors (Lipinski definition) is 1. The minimum Gasteiger partial charge on any atom is -0.482 e. The number of benzene rings is 3. The van der Waals surface area contributed by atoms with E-state index < -0.39 is 18.6 Å². The highest BCUT2D eigenvalue weighted by Gasteiger charge is 2.48. The summed E-state index contributed by atoms with van der Waals surface area (Å²) < 4.78 is 19.3. The third kappa shape index (κ3) is 4.38. The molecule has 5 rings (SSSR count). The van der Waals surface area contributed by atoms with Crippen molar-refractivity contribution in [2.24, 2.45) is 5.92 Å². The molecule has 1 heterocycles. The predicted octanol–water partition coefficient (Wildman–Crippen LogP) is 5.22. The fraction of sp³-hybridized carbons (Fsp3) is 0.259. The highest BCUT2D eigenvalue weighted by Crippen LogP contribution is 2.51. The molecule has 34 heavy (non-hydrogen) atoms. The standard InChI is InChI=1S/C27H23ClFNO4/c28-18-8-9-24(34-15-25(31)32)23(13-18)26-20-7-2-1-4-16(20)10-11-30(26)27(33)22-14-21(22)17-5-3-6-19(29)12-17/h1-9,12-13,21-22,26H,10-11,14-15H2,(H,31,32). The van der Waals surface area contributed by atoms with Gasteiger partial charge >= 0.3 is 5.97 Å². The van der Waals surface area contributed by atoms with Crippen LogP contribution in [0.25, 0.3) is 0 Å². The van der Waals surface area contributed by atoms with Crippen molar-refractivity contribution in [3.05, 3.63) is 99.8 Å². The summed E-state index contributed by atoms with van der Waals surface area (Å²) >= 11 is 6.34. The van der Waals surface area contributed by atoms with Gasteiger partial charge < -0.3 is 14.7 Å². The van der Waals surface area contributed by atoms with E-state index in [2.05, 4.69) is 0 Å². The molecule has 5 nitrogen and oxygen atoms in total. The van der Waals surface area contributed by atoms with Crippen molar-refractivity contribution in [1.29, 1.82) is 0 Å². The predicted molar refractivity (Wildman–Crippen MR) is 126 cm³/mol. The summed E-state index contributed by atoms with van der Waals surface area (Å²) in [4.78, 5) is 26.7. The maximum absolute atomic E-state index is 13.7. The van der Waals surface area contributed by atoms with Gasteiger partial charge in [-0.25, -0.2) is 9.18 Å². The average molecular weight is 480 g/mol. The fourth-order valence-electron chi connectivity index (χ4n) is 4.93. The number of halogens is 2. The van der Waals surface area contributed by atoms with Crippen molar-refractivity contribution in [2.75, 3.05) is 13.2 Å². The second-order valence-corrected chi connectivity index (χ2v) is 9.19. The van der Waals surface area contributed by atoms with Gasteiger partial charge in [-0.3, -0.25) is 4.79 Å². The lowest BCUT2D eigenvalue weighted by atomic mass is 9.87. The Balaban J connectivity index is 1.52. The number of amides is 1. The van der Waals surface area contributed by atoms with Gasteiger partial charge in [0.15, 0.2) is 6.61 Å². The molecule has 3 atom stereocenters. The molecule has 0 radical (unpaired) electrons. The first-order valence-electron chi connectivity index (χ1n) is 11.2. The van der Waals surface area contributed by atoms with Gasteiger partial charge in [0.1, 0.15) is 11.6 Å². The van der Waals surface area contributed by atoms with Crippen LogP contribution in [0.1, 0.15) is 40.6 Å². The van der Waals surface area contributed by atoms with E-state index in [-0.39, 0.29) is 23.6 Å². The Hall–Kier alpha value is -3.38. The van der Waals surface area contributed by atoms with Crippen LogP contribution in [0, 0.1) is 11.7 Å². The molecule has 0 aromatic heterocycles. The van der Waals surface area contributed by atoms with Crippen LogP contribution in [0.3, 0.4) is 0 Å². The number of rotatable bonds is 6. The van der Waals surface area contributed by atoms with Crippen LogP contribution in [-0.2, 0) is 16.0 Å². The van der Waals surface area contributed by atoms with Crippen LogP contribution in [-0.4, -0.2) is 35.0 Å². The second-order valence-electron chi connectivity index (χ2n) is 8.75. The minimum atomic E-state index is -1.09. The van der Waals surface area contributed by atoms with Crippen LogP contribution >= 0.6 is 11.6 Å². The molecule has 1 aliphatic heterocycles. The highest BCUT2D eigenvalue weighted by atomic mass is 35.5. The highest BCUT2D eigenvalue weighted by molar-refractivity contribution is 6.30. The molecule has 1 amide bonds. The zero-order valence-electron chi connectivity index (χ0n) is 18.3. The Labute approximate surface area is 201 Å². The Morgan fingerprint density at radius 1 is 1.06 bits per heavy atom. The van der Waals surface area contributed by atoms with Gasteiger partial charge in [0, 0.05) is 23.0 Å². The van der Waals surface area contributed by atoms with Gasteiger partial charge in [0.05, 0.1) is 6.04 Å². The molecule has 3 aromatic rings. The van der Waals surface area contributed by atoms with Crippen molar-refractivity contribution >= 4 is 23.5 Å². The number of nitrogens with zero attached hydrogens (tertiary/aromatic N) is 1. The number of carbonyl (C=O) groups is 2. The second kappa shape index (κ2) is 9.11. The summed E-state index contributed by atoms with van der Waals surface area (Å²) in [5, 5.41) is 9.59. The monoisotopic (exact) mass is 479 g/mol. The van der Waals surface area contributed by atoms with E-state index in [1.54, 1.807) is 24.3 Å².